The molecule has 0 aliphatic rings. The fraction of sp³-hybridized carbons (Fsp3) is 0.0625. The molecule has 0 saturated heterocycles. The lowest BCUT2D eigenvalue weighted by atomic mass is 10.0. The van der Waals surface area contributed by atoms with E-state index in [2.05, 4.69) is 61.4 Å². The first-order chi connectivity index (χ1) is 17.8. The first-order valence-electron chi connectivity index (χ1n) is 11.7. The van der Waals surface area contributed by atoms with Crippen LogP contribution < -0.4 is 14.4 Å². The molecule has 0 aromatic heterocycles. The summed E-state index contributed by atoms with van der Waals surface area (Å²) in [7, 11) is 0. The van der Waals surface area contributed by atoms with Gasteiger partial charge in [0.2, 0.25) is 0 Å². The molecule has 0 saturated carbocycles. The van der Waals surface area contributed by atoms with Crippen LogP contribution in [0.15, 0.2) is 122 Å². The molecule has 0 aliphatic carbocycles. The molecule has 4 aromatic carbocycles. The summed E-state index contributed by atoms with van der Waals surface area (Å²) in [6.07, 6.45) is 1.13. The van der Waals surface area contributed by atoms with Gasteiger partial charge >= 0.3 is 11.9 Å². The quantitative estimate of drug-likeness (QED) is 0.144. The average Bonchev–Trinajstić information content (AvgIpc) is 2.91. The van der Waals surface area contributed by atoms with Gasteiger partial charge in [-0.3, -0.25) is 0 Å². The van der Waals surface area contributed by atoms with Crippen LogP contribution in [0.25, 0.3) is 11.1 Å². The molecule has 5 heteroatoms. The fourth-order valence-electron chi connectivity index (χ4n) is 3.67. The van der Waals surface area contributed by atoms with Crippen LogP contribution in [0.2, 0.25) is 0 Å². The molecule has 5 nitrogen and oxygen atoms in total. The lowest BCUT2D eigenvalue weighted by molar-refractivity contribution is -0.130. The minimum atomic E-state index is -0.490. The number of hydrogen-bond donors (Lipinski definition) is 0. The SMILES string of the molecule is C=CC(=O)Oc1ccc(-c2ccc(N(c3ccc(C)cc3)c3ccc(OC(=O)C(=C)C)cc3)cc2)cc1. The topological polar surface area (TPSA) is 55.8 Å². The van der Waals surface area contributed by atoms with Crippen LogP contribution in [0.3, 0.4) is 0 Å². The van der Waals surface area contributed by atoms with Gasteiger partial charge in [-0.15, -0.1) is 0 Å². The van der Waals surface area contributed by atoms with Crippen LogP contribution >= 0.6 is 0 Å². The molecule has 0 radical (unpaired) electrons. The maximum Gasteiger partial charge on any atom is 0.338 e. The first kappa shape index (κ1) is 25.2. The monoisotopic (exact) mass is 489 g/mol. The number of carbonyl (C=O) groups is 2. The van der Waals surface area contributed by atoms with E-state index in [4.69, 9.17) is 9.47 Å². The first-order valence-corrected chi connectivity index (χ1v) is 11.7. The Balaban J connectivity index is 1.62. The van der Waals surface area contributed by atoms with Gasteiger partial charge in [-0.2, -0.15) is 0 Å². The second-order valence-corrected chi connectivity index (χ2v) is 8.53. The van der Waals surface area contributed by atoms with Gasteiger partial charge in [0.05, 0.1) is 0 Å². The molecule has 0 unspecified atom stereocenters. The van der Waals surface area contributed by atoms with Gasteiger partial charge in [0.1, 0.15) is 11.5 Å². The Morgan fingerprint density at radius 3 is 1.57 bits per heavy atom. The zero-order chi connectivity index (χ0) is 26.4. The Morgan fingerprint density at radius 2 is 1.08 bits per heavy atom. The number of aryl methyl sites for hydroxylation is 1. The highest BCUT2D eigenvalue weighted by molar-refractivity contribution is 5.89. The number of carbonyl (C=O) groups excluding carboxylic acids is 2. The number of nitrogens with zero attached hydrogens (tertiary/aromatic N) is 1. The van der Waals surface area contributed by atoms with E-state index in [0.717, 1.165) is 34.3 Å². The van der Waals surface area contributed by atoms with E-state index >= 15 is 0 Å². The number of hydrogen-bond acceptors (Lipinski definition) is 5. The highest BCUT2D eigenvalue weighted by Crippen LogP contribution is 2.36. The standard InChI is InChI=1S/C32H27NO4/c1-5-31(34)36-29-18-10-25(11-19-29)24-8-14-27(15-9-24)33(26-12-6-23(4)7-13-26)28-16-20-30(21-17-28)37-32(35)22(2)3/h5-21H,1-2H2,3-4H3. The predicted molar refractivity (Wildman–Crippen MR) is 148 cm³/mol. The normalized spacial score (nSPS) is 10.3. The number of esters is 2. The van der Waals surface area contributed by atoms with Crippen LogP contribution in [-0.2, 0) is 9.59 Å². The van der Waals surface area contributed by atoms with E-state index < -0.39 is 11.9 Å². The van der Waals surface area contributed by atoms with Crippen LogP contribution in [0.5, 0.6) is 11.5 Å². The zero-order valence-electron chi connectivity index (χ0n) is 20.8. The molecular weight excluding hydrogens is 462 g/mol. The van der Waals surface area contributed by atoms with E-state index in [1.165, 1.54) is 5.56 Å². The molecule has 37 heavy (non-hydrogen) atoms. The smallest absolute Gasteiger partial charge is 0.338 e. The molecule has 0 atom stereocenters. The fourth-order valence-corrected chi connectivity index (χ4v) is 3.67. The second-order valence-electron chi connectivity index (χ2n) is 8.53. The van der Waals surface area contributed by atoms with Gasteiger partial charge in [0.15, 0.2) is 0 Å². The minimum absolute atomic E-state index is 0.345. The van der Waals surface area contributed by atoms with Gasteiger partial charge in [-0.05, 0) is 85.6 Å². The van der Waals surface area contributed by atoms with Crippen molar-refractivity contribution in [3.8, 4) is 22.6 Å². The number of ether oxygens (including phenoxy) is 2. The van der Waals surface area contributed by atoms with Crippen molar-refractivity contribution < 1.29 is 19.1 Å². The van der Waals surface area contributed by atoms with Gasteiger partial charge in [-0.1, -0.05) is 55.1 Å². The summed E-state index contributed by atoms with van der Waals surface area (Å²) in [5.74, 6) is -0.0210. The zero-order valence-corrected chi connectivity index (χ0v) is 20.8. The van der Waals surface area contributed by atoms with Gasteiger partial charge in [0, 0.05) is 28.7 Å². The van der Waals surface area contributed by atoms with E-state index in [1.54, 1.807) is 31.2 Å². The largest absolute Gasteiger partial charge is 0.423 e. The van der Waals surface area contributed by atoms with Crippen molar-refractivity contribution in [3.63, 3.8) is 0 Å². The summed E-state index contributed by atoms with van der Waals surface area (Å²) in [6.45, 7) is 10.7. The molecule has 0 aliphatic heterocycles. The minimum Gasteiger partial charge on any atom is -0.423 e. The summed E-state index contributed by atoms with van der Waals surface area (Å²) in [6, 6.07) is 31.2. The van der Waals surface area contributed by atoms with E-state index in [-0.39, 0.29) is 0 Å². The van der Waals surface area contributed by atoms with Crippen LogP contribution in [0.1, 0.15) is 12.5 Å². The number of benzene rings is 4. The summed E-state index contributed by atoms with van der Waals surface area (Å²) in [5.41, 5.74) is 6.42. The van der Waals surface area contributed by atoms with E-state index in [1.807, 2.05) is 36.4 Å². The van der Waals surface area contributed by atoms with Crippen molar-refractivity contribution in [1.29, 1.82) is 0 Å². The number of rotatable bonds is 8. The van der Waals surface area contributed by atoms with Gasteiger partial charge < -0.3 is 14.4 Å². The summed E-state index contributed by atoms with van der Waals surface area (Å²) < 4.78 is 10.5. The lowest BCUT2D eigenvalue weighted by Gasteiger charge is -2.26. The summed E-state index contributed by atoms with van der Waals surface area (Å²) >= 11 is 0. The molecule has 0 heterocycles. The maximum atomic E-state index is 11.9. The average molecular weight is 490 g/mol. The molecule has 184 valence electrons. The highest BCUT2D eigenvalue weighted by atomic mass is 16.5. The molecule has 4 rings (SSSR count). The van der Waals surface area contributed by atoms with E-state index in [9.17, 15) is 9.59 Å². The Kier molecular flexibility index (Phi) is 7.65. The third kappa shape index (κ3) is 6.21. The van der Waals surface area contributed by atoms with Gasteiger partial charge in [0.25, 0.3) is 0 Å². The molecule has 0 spiro atoms. The molecule has 0 bridgehead atoms. The predicted octanol–water partition coefficient (Wildman–Crippen LogP) is 7.70. The molecule has 0 amide bonds. The maximum absolute atomic E-state index is 11.9. The highest BCUT2D eigenvalue weighted by Gasteiger charge is 2.14. The Labute approximate surface area is 216 Å². The van der Waals surface area contributed by atoms with Gasteiger partial charge in [-0.25, -0.2) is 9.59 Å². The summed E-state index contributed by atoms with van der Waals surface area (Å²) in [4.78, 5) is 25.4. The van der Waals surface area contributed by atoms with Crippen molar-refractivity contribution in [2.45, 2.75) is 13.8 Å². The molecular formula is C32H27NO4. The third-order valence-corrected chi connectivity index (χ3v) is 5.64. The van der Waals surface area contributed by atoms with Crippen LogP contribution in [0, 0.1) is 6.92 Å². The van der Waals surface area contributed by atoms with Crippen LogP contribution in [0.4, 0.5) is 17.1 Å². The Hall–Kier alpha value is -4.90. The van der Waals surface area contributed by atoms with Crippen molar-refractivity contribution in [3.05, 3.63) is 127 Å². The molecule has 0 N–H and O–H groups in total. The Morgan fingerprint density at radius 1 is 0.676 bits per heavy atom. The van der Waals surface area contributed by atoms with Crippen molar-refractivity contribution >= 4 is 29.0 Å². The van der Waals surface area contributed by atoms with Crippen molar-refractivity contribution in [2.75, 3.05) is 4.90 Å². The van der Waals surface area contributed by atoms with Crippen molar-refractivity contribution in [1.82, 2.24) is 0 Å². The Bertz CT molecular complexity index is 1420. The second kappa shape index (κ2) is 11.2. The third-order valence-electron chi connectivity index (χ3n) is 5.64. The molecule has 4 aromatic rings. The van der Waals surface area contributed by atoms with E-state index in [0.29, 0.717) is 17.1 Å². The molecule has 0 fully saturated rings. The van der Waals surface area contributed by atoms with Crippen LogP contribution in [-0.4, -0.2) is 11.9 Å². The number of anilines is 3. The van der Waals surface area contributed by atoms with Crippen molar-refractivity contribution in [2.24, 2.45) is 0 Å². The summed E-state index contributed by atoms with van der Waals surface area (Å²) in [5, 5.41) is 0. The lowest BCUT2D eigenvalue weighted by Crippen LogP contribution is -2.11.